The van der Waals surface area contributed by atoms with Gasteiger partial charge in [-0.3, -0.25) is 0 Å². The Bertz CT molecular complexity index is 641. The summed E-state index contributed by atoms with van der Waals surface area (Å²) in [5.74, 6) is 0.405. The lowest BCUT2D eigenvalue weighted by molar-refractivity contribution is 0.00578. The number of nitrogens with zero attached hydrogens (tertiary/aromatic N) is 3. The van der Waals surface area contributed by atoms with Crippen molar-refractivity contribution in [1.82, 2.24) is 20.6 Å². The first-order valence-corrected chi connectivity index (χ1v) is 6.72. The fraction of sp³-hybridized carbons (Fsp3) is 0.462. The van der Waals surface area contributed by atoms with Crippen molar-refractivity contribution in [3.8, 4) is 17.1 Å². The summed E-state index contributed by atoms with van der Waals surface area (Å²) >= 11 is 0. The quantitative estimate of drug-likeness (QED) is 0.796. The number of aromatic hydroxyl groups is 1. The second-order valence-electron chi connectivity index (χ2n) is 6.10. The molecule has 2 N–H and O–H groups in total. The first-order chi connectivity index (χ1) is 9.80. The van der Waals surface area contributed by atoms with Gasteiger partial charge in [0.05, 0.1) is 16.8 Å². The number of aromatic nitrogens is 4. The summed E-state index contributed by atoms with van der Waals surface area (Å²) in [6, 6.07) is 5.09. The van der Waals surface area contributed by atoms with Gasteiger partial charge in [0.1, 0.15) is 5.75 Å². The maximum Gasteiger partial charge on any atom is 0.494 e. The molecule has 110 valence electrons. The third kappa shape index (κ3) is 2.30. The number of phenols is 1. The number of hydrogen-bond donors (Lipinski definition) is 2. The summed E-state index contributed by atoms with van der Waals surface area (Å²) in [6.45, 7) is 7.97. The van der Waals surface area contributed by atoms with E-state index in [4.69, 9.17) is 9.31 Å². The number of benzene rings is 1. The van der Waals surface area contributed by atoms with Gasteiger partial charge in [-0.2, -0.15) is 5.21 Å². The van der Waals surface area contributed by atoms with Crippen LogP contribution in [0.3, 0.4) is 0 Å². The zero-order chi connectivity index (χ0) is 15.3. The van der Waals surface area contributed by atoms with E-state index in [0.29, 0.717) is 11.4 Å². The molecule has 0 radical (unpaired) electrons. The van der Waals surface area contributed by atoms with Crippen LogP contribution >= 0.6 is 0 Å². The molecule has 0 saturated carbocycles. The van der Waals surface area contributed by atoms with E-state index in [9.17, 15) is 5.11 Å². The molecule has 0 unspecified atom stereocenters. The number of tetrazole rings is 1. The van der Waals surface area contributed by atoms with Crippen LogP contribution in [0, 0.1) is 0 Å². The summed E-state index contributed by atoms with van der Waals surface area (Å²) in [5.41, 5.74) is 0.450. The summed E-state index contributed by atoms with van der Waals surface area (Å²) in [7, 11) is -0.499. The second kappa shape index (κ2) is 4.54. The third-order valence-electron chi connectivity index (χ3n) is 4.13. The summed E-state index contributed by atoms with van der Waals surface area (Å²) < 4.78 is 12.0. The minimum atomic E-state index is -0.499. The van der Waals surface area contributed by atoms with Gasteiger partial charge in [-0.05, 0) is 50.5 Å². The zero-order valence-electron chi connectivity index (χ0n) is 12.4. The van der Waals surface area contributed by atoms with Gasteiger partial charge in [0, 0.05) is 0 Å². The van der Waals surface area contributed by atoms with E-state index in [-0.39, 0.29) is 5.75 Å². The number of aromatic amines is 1. The molecule has 2 aromatic rings. The lowest BCUT2D eigenvalue weighted by Crippen LogP contribution is -2.41. The van der Waals surface area contributed by atoms with Crippen LogP contribution in [0.15, 0.2) is 18.2 Å². The predicted octanol–water partition coefficient (Wildman–Crippen LogP) is 0.871. The molecule has 1 aliphatic rings. The molecule has 0 bridgehead atoms. The molecule has 2 heterocycles. The van der Waals surface area contributed by atoms with E-state index in [1.807, 2.05) is 27.7 Å². The second-order valence-corrected chi connectivity index (χ2v) is 6.10. The largest absolute Gasteiger partial charge is 0.507 e. The Morgan fingerprint density at radius 1 is 1.14 bits per heavy atom. The molecule has 3 rings (SSSR count). The van der Waals surface area contributed by atoms with Gasteiger partial charge in [0.2, 0.25) is 5.82 Å². The van der Waals surface area contributed by atoms with Gasteiger partial charge < -0.3 is 14.4 Å². The minimum Gasteiger partial charge on any atom is -0.507 e. The normalized spacial score (nSPS) is 19.9. The molecule has 1 aromatic carbocycles. The summed E-state index contributed by atoms with van der Waals surface area (Å²) in [6.07, 6.45) is 0. The molecule has 0 atom stereocenters. The molecule has 7 nitrogen and oxygen atoms in total. The van der Waals surface area contributed by atoms with Crippen molar-refractivity contribution < 1.29 is 14.4 Å². The van der Waals surface area contributed by atoms with E-state index in [0.717, 1.165) is 5.46 Å². The molecule has 0 spiro atoms. The van der Waals surface area contributed by atoms with Gasteiger partial charge >= 0.3 is 7.12 Å². The van der Waals surface area contributed by atoms with Crippen LogP contribution in [0.4, 0.5) is 0 Å². The van der Waals surface area contributed by atoms with Crippen LogP contribution in [0.5, 0.6) is 5.75 Å². The fourth-order valence-electron chi connectivity index (χ4n) is 2.13. The first-order valence-electron chi connectivity index (χ1n) is 6.72. The topological polar surface area (TPSA) is 93.2 Å². The van der Waals surface area contributed by atoms with Crippen molar-refractivity contribution in [2.75, 3.05) is 0 Å². The number of hydrogen-bond acceptors (Lipinski definition) is 6. The minimum absolute atomic E-state index is 0.0802. The molecular weight excluding hydrogens is 271 g/mol. The first kappa shape index (κ1) is 14.0. The monoisotopic (exact) mass is 288 g/mol. The van der Waals surface area contributed by atoms with Gasteiger partial charge in [0.15, 0.2) is 0 Å². The maximum absolute atomic E-state index is 9.95. The van der Waals surface area contributed by atoms with Crippen LogP contribution in [-0.2, 0) is 9.31 Å². The van der Waals surface area contributed by atoms with Crippen LogP contribution < -0.4 is 5.46 Å². The van der Waals surface area contributed by atoms with Gasteiger partial charge in [-0.25, -0.2) is 0 Å². The van der Waals surface area contributed by atoms with E-state index < -0.39 is 18.3 Å². The van der Waals surface area contributed by atoms with Gasteiger partial charge in [-0.1, -0.05) is 6.07 Å². The Hall–Kier alpha value is -1.93. The summed E-state index contributed by atoms with van der Waals surface area (Å²) in [4.78, 5) is 0. The molecule has 1 aliphatic heterocycles. The fourth-order valence-corrected chi connectivity index (χ4v) is 2.13. The van der Waals surface area contributed by atoms with E-state index >= 15 is 0 Å². The average Bonchev–Trinajstić information content (AvgIpc) is 2.97. The van der Waals surface area contributed by atoms with Crippen molar-refractivity contribution in [2.24, 2.45) is 0 Å². The van der Waals surface area contributed by atoms with Crippen LogP contribution in [-0.4, -0.2) is 44.1 Å². The number of H-pyrrole nitrogens is 1. The Labute approximate surface area is 122 Å². The highest BCUT2D eigenvalue weighted by atomic mass is 16.7. The van der Waals surface area contributed by atoms with Crippen molar-refractivity contribution in [1.29, 1.82) is 0 Å². The number of phenolic OH excluding ortho intramolecular Hbond substituents is 1. The molecule has 8 heteroatoms. The maximum atomic E-state index is 9.95. The zero-order valence-corrected chi connectivity index (χ0v) is 12.4. The highest BCUT2D eigenvalue weighted by Crippen LogP contribution is 2.37. The van der Waals surface area contributed by atoms with Crippen molar-refractivity contribution in [3.05, 3.63) is 18.2 Å². The summed E-state index contributed by atoms with van der Waals surface area (Å²) in [5, 5.41) is 23.6. The van der Waals surface area contributed by atoms with Crippen LogP contribution in [0.2, 0.25) is 0 Å². The standard InChI is InChI=1S/C13H17BN4O3/c1-12(2)13(3,4)21-14(20-12)8-5-6-10(19)9(7-8)11-15-17-18-16-11/h5-7,19H,1-4H3,(H,15,16,17,18). The van der Waals surface area contributed by atoms with Gasteiger partial charge in [-0.15, -0.1) is 10.2 Å². The molecule has 0 aliphatic carbocycles. The Morgan fingerprint density at radius 2 is 1.81 bits per heavy atom. The van der Waals surface area contributed by atoms with Crippen molar-refractivity contribution in [3.63, 3.8) is 0 Å². The Balaban J connectivity index is 1.97. The third-order valence-corrected chi connectivity index (χ3v) is 4.13. The Kier molecular flexibility index (Phi) is 3.03. The molecule has 1 aromatic heterocycles. The molecule has 1 fully saturated rings. The van der Waals surface area contributed by atoms with Crippen LogP contribution in [0.25, 0.3) is 11.4 Å². The van der Waals surface area contributed by atoms with E-state index in [2.05, 4.69) is 20.6 Å². The van der Waals surface area contributed by atoms with Crippen LogP contribution in [0.1, 0.15) is 27.7 Å². The molecule has 1 saturated heterocycles. The highest BCUT2D eigenvalue weighted by Gasteiger charge is 2.51. The Morgan fingerprint density at radius 3 is 2.38 bits per heavy atom. The van der Waals surface area contributed by atoms with Crippen molar-refractivity contribution >= 4 is 12.6 Å². The number of nitrogens with one attached hydrogen (secondary N) is 1. The number of rotatable bonds is 2. The SMILES string of the molecule is CC1(C)OB(c2ccc(O)c(-c3nn[nH]n3)c2)OC1(C)C. The van der Waals surface area contributed by atoms with Crippen molar-refractivity contribution in [2.45, 2.75) is 38.9 Å². The molecule has 0 amide bonds. The molecule has 21 heavy (non-hydrogen) atoms. The highest BCUT2D eigenvalue weighted by molar-refractivity contribution is 6.62. The smallest absolute Gasteiger partial charge is 0.494 e. The van der Waals surface area contributed by atoms with E-state index in [1.165, 1.54) is 0 Å². The predicted molar refractivity (Wildman–Crippen MR) is 77.0 cm³/mol. The molecular formula is C13H17BN4O3. The average molecular weight is 288 g/mol. The lowest BCUT2D eigenvalue weighted by Gasteiger charge is -2.32. The van der Waals surface area contributed by atoms with Gasteiger partial charge in [0.25, 0.3) is 0 Å². The van der Waals surface area contributed by atoms with E-state index in [1.54, 1.807) is 18.2 Å². The lowest BCUT2D eigenvalue weighted by atomic mass is 9.78.